The number of rotatable bonds is 4. The summed E-state index contributed by atoms with van der Waals surface area (Å²) in [6.07, 6.45) is 0. The van der Waals surface area contributed by atoms with E-state index in [0.717, 1.165) is 44.7 Å². The second-order valence-corrected chi connectivity index (χ2v) is 18.6. The molecule has 0 saturated heterocycles. The van der Waals surface area contributed by atoms with Crippen molar-refractivity contribution in [1.29, 1.82) is 0 Å². The Morgan fingerprint density at radius 1 is 0.450 bits per heavy atom. The highest BCUT2D eigenvalue weighted by atomic mass is 16.3. The quantitative estimate of drug-likeness (QED) is 0.166. The molecule has 290 valence electrons. The monoisotopic (exact) mass is 774 g/mol. The lowest BCUT2D eigenvalue weighted by molar-refractivity contribution is 0.590. The summed E-state index contributed by atoms with van der Waals surface area (Å²) in [6.45, 7) is 13.6. The summed E-state index contributed by atoms with van der Waals surface area (Å²) in [4.78, 5) is 5.13. The second kappa shape index (κ2) is 13.4. The van der Waals surface area contributed by atoms with Gasteiger partial charge in [-0.1, -0.05) is 169 Å². The molecule has 0 radical (unpaired) electrons. The van der Waals surface area contributed by atoms with Gasteiger partial charge in [-0.2, -0.15) is 0 Å². The average molecular weight is 775 g/mol. The van der Waals surface area contributed by atoms with Crippen molar-refractivity contribution in [2.24, 2.45) is 0 Å². The fourth-order valence-corrected chi connectivity index (χ4v) is 9.67. The number of hydrogen-bond donors (Lipinski definition) is 0. The van der Waals surface area contributed by atoms with Crippen molar-refractivity contribution in [3.8, 4) is 33.4 Å². The number of furan rings is 1. The van der Waals surface area contributed by atoms with Crippen LogP contribution in [0.25, 0.3) is 55.3 Å². The zero-order valence-corrected chi connectivity index (χ0v) is 35.1. The Morgan fingerprint density at radius 2 is 1.10 bits per heavy atom. The first-order valence-electron chi connectivity index (χ1n) is 21.2. The molecule has 8 aromatic carbocycles. The van der Waals surface area contributed by atoms with Gasteiger partial charge in [0.25, 0.3) is 0 Å². The SMILES string of the molecule is CC(C)(C)c1ccc(N2B3c4ccc5c(oc6ccccc65)c4N(c4ccc(C(C)(C)C)cc4-c4ccccc4)c4cc(-c5ccccc5)cc(c43)-c3ccccc32)cc1. The minimum absolute atomic E-state index is 0.0375. The zero-order valence-electron chi connectivity index (χ0n) is 35.1. The van der Waals surface area contributed by atoms with Gasteiger partial charge in [0.2, 0.25) is 0 Å². The Labute approximate surface area is 353 Å². The van der Waals surface area contributed by atoms with Crippen LogP contribution < -0.4 is 20.6 Å². The van der Waals surface area contributed by atoms with Gasteiger partial charge in [0, 0.05) is 39.0 Å². The molecular weight excluding hydrogens is 727 g/mol. The Kier molecular flexibility index (Phi) is 8.09. The van der Waals surface area contributed by atoms with Crippen LogP contribution in [0.4, 0.5) is 28.4 Å². The van der Waals surface area contributed by atoms with Crippen LogP contribution in [0.1, 0.15) is 52.7 Å². The standard InChI is InChI=1S/C56H47BN2O/c1-55(2,3)39-25-28-41(29-26-39)59-49-23-15-13-21-42(49)46-33-38(36-17-9-7-10-18-36)34-50-52(46)57(59)47-31-30-44-43-22-14-16-24-51(43)60-54(44)53(47)58(50)48-32-27-40(56(4,5)6)35-45(48)37-19-11-8-12-20-37/h7-35H,1-6H3. The van der Waals surface area contributed by atoms with Crippen molar-refractivity contribution in [2.45, 2.75) is 52.4 Å². The molecule has 0 aliphatic carbocycles. The van der Waals surface area contributed by atoms with E-state index >= 15 is 0 Å². The number of para-hydroxylation sites is 2. The van der Waals surface area contributed by atoms with Gasteiger partial charge in [-0.25, -0.2) is 0 Å². The molecular formula is C56H47BN2O. The summed E-state index contributed by atoms with van der Waals surface area (Å²) < 4.78 is 7.10. The molecule has 0 bridgehead atoms. The van der Waals surface area contributed by atoms with Crippen LogP contribution in [-0.2, 0) is 10.8 Å². The molecule has 60 heavy (non-hydrogen) atoms. The third-order valence-electron chi connectivity index (χ3n) is 12.8. The second-order valence-electron chi connectivity index (χ2n) is 18.6. The minimum atomic E-state index is -0.145. The van der Waals surface area contributed by atoms with Gasteiger partial charge in [0.1, 0.15) is 5.58 Å². The van der Waals surface area contributed by atoms with Gasteiger partial charge in [-0.05, 0) is 104 Å². The highest BCUT2D eigenvalue weighted by Gasteiger charge is 2.47. The zero-order chi connectivity index (χ0) is 40.9. The summed E-state index contributed by atoms with van der Waals surface area (Å²) in [5.74, 6) is 0. The largest absolute Gasteiger partial charge is 0.454 e. The van der Waals surface area contributed by atoms with E-state index in [1.165, 1.54) is 61.1 Å². The van der Waals surface area contributed by atoms with Crippen molar-refractivity contribution in [1.82, 2.24) is 0 Å². The number of nitrogens with zero attached hydrogens (tertiary/aromatic N) is 2. The molecule has 1 aromatic heterocycles. The fourth-order valence-electron chi connectivity index (χ4n) is 9.67. The summed E-state index contributed by atoms with van der Waals surface area (Å²) in [7, 11) is 0. The third-order valence-corrected chi connectivity index (χ3v) is 12.8. The molecule has 2 aliphatic heterocycles. The molecule has 0 saturated carbocycles. The first-order chi connectivity index (χ1) is 29.0. The van der Waals surface area contributed by atoms with Crippen molar-refractivity contribution in [3.63, 3.8) is 0 Å². The van der Waals surface area contributed by atoms with Gasteiger partial charge in [-0.15, -0.1) is 0 Å². The molecule has 11 rings (SSSR count). The smallest absolute Gasteiger partial charge is 0.333 e. The van der Waals surface area contributed by atoms with E-state index in [1.54, 1.807) is 0 Å². The maximum atomic E-state index is 7.10. The van der Waals surface area contributed by atoms with Crippen molar-refractivity contribution in [2.75, 3.05) is 9.71 Å². The van der Waals surface area contributed by atoms with Gasteiger partial charge >= 0.3 is 6.85 Å². The van der Waals surface area contributed by atoms with Crippen LogP contribution in [0.5, 0.6) is 0 Å². The van der Waals surface area contributed by atoms with Crippen LogP contribution in [-0.4, -0.2) is 6.85 Å². The van der Waals surface area contributed by atoms with Crippen molar-refractivity contribution >= 4 is 68.1 Å². The highest BCUT2D eigenvalue weighted by Crippen LogP contribution is 2.52. The van der Waals surface area contributed by atoms with E-state index in [4.69, 9.17) is 4.42 Å². The van der Waals surface area contributed by atoms with E-state index in [-0.39, 0.29) is 17.7 Å². The normalized spacial score (nSPS) is 13.4. The summed E-state index contributed by atoms with van der Waals surface area (Å²) in [5, 5.41) is 2.23. The number of fused-ring (bicyclic) bond motifs is 8. The molecule has 2 aliphatic rings. The molecule has 0 fully saturated rings. The topological polar surface area (TPSA) is 19.6 Å². The molecule has 3 heterocycles. The van der Waals surface area contributed by atoms with Gasteiger partial charge < -0.3 is 14.1 Å². The fraction of sp³-hybridized carbons (Fsp3) is 0.143. The van der Waals surface area contributed by atoms with Crippen LogP contribution >= 0.6 is 0 Å². The lowest BCUT2D eigenvalue weighted by atomic mass is 9.43. The van der Waals surface area contributed by atoms with Crippen molar-refractivity contribution < 1.29 is 4.42 Å². The molecule has 0 spiro atoms. The van der Waals surface area contributed by atoms with Crippen molar-refractivity contribution in [3.05, 3.63) is 187 Å². The predicted molar refractivity (Wildman–Crippen MR) is 256 cm³/mol. The van der Waals surface area contributed by atoms with Crippen LogP contribution in [0, 0.1) is 0 Å². The van der Waals surface area contributed by atoms with Gasteiger partial charge in [0.15, 0.2) is 5.58 Å². The Morgan fingerprint density at radius 3 is 1.83 bits per heavy atom. The van der Waals surface area contributed by atoms with E-state index < -0.39 is 0 Å². The molecule has 0 unspecified atom stereocenters. The Bertz CT molecular complexity index is 3110. The van der Waals surface area contributed by atoms with Crippen LogP contribution in [0.15, 0.2) is 180 Å². The summed E-state index contributed by atoms with van der Waals surface area (Å²) in [6, 6.07) is 65.1. The van der Waals surface area contributed by atoms with E-state index in [2.05, 4.69) is 227 Å². The summed E-state index contributed by atoms with van der Waals surface area (Å²) in [5.41, 5.74) is 19.8. The Hall–Kier alpha value is -6.78. The molecule has 4 heteroatoms. The molecule has 3 nitrogen and oxygen atoms in total. The van der Waals surface area contributed by atoms with Gasteiger partial charge in [-0.3, -0.25) is 0 Å². The van der Waals surface area contributed by atoms with E-state index in [0.29, 0.717) is 0 Å². The molecule has 9 aromatic rings. The average Bonchev–Trinajstić information content (AvgIpc) is 3.65. The van der Waals surface area contributed by atoms with E-state index in [1.807, 2.05) is 0 Å². The maximum absolute atomic E-state index is 7.10. The summed E-state index contributed by atoms with van der Waals surface area (Å²) >= 11 is 0. The van der Waals surface area contributed by atoms with Gasteiger partial charge in [0.05, 0.1) is 11.4 Å². The number of hydrogen-bond acceptors (Lipinski definition) is 3. The van der Waals surface area contributed by atoms with Crippen LogP contribution in [0.3, 0.4) is 0 Å². The lowest BCUT2D eigenvalue weighted by Gasteiger charge is -2.46. The van der Waals surface area contributed by atoms with E-state index in [9.17, 15) is 0 Å². The maximum Gasteiger partial charge on any atom is 0.333 e. The number of anilines is 5. The predicted octanol–water partition coefficient (Wildman–Crippen LogP) is 14.2. The molecule has 0 amide bonds. The van der Waals surface area contributed by atoms with Crippen LogP contribution in [0.2, 0.25) is 0 Å². The first kappa shape index (κ1) is 36.3. The minimum Gasteiger partial charge on any atom is -0.454 e. The lowest BCUT2D eigenvalue weighted by Crippen LogP contribution is -2.61. The molecule has 0 N–H and O–H groups in total. The highest BCUT2D eigenvalue weighted by molar-refractivity contribution is 6.94. The Balaban J connectivity index is 1.30. The molecule has 0 atom stereocenters. The first-order valence-corrected chi connectivity index (χ1v) is 21.2. The third kappa shape index (κ3) is 5.65. The number of benzene rings is 8.